The number of hydrogen-bond acceptors (Lipinski definition) is 2. The first-order valence-electron chi connectivity index (χ1n) is 3.10. The number of nitrogens with zero attached hydrogens (tertiary/aromatic N) is 1. The van der Waals surface area contributed by atoms with Crippen molar-refractivity contribution < 1.29 is 5.11 Å². The van der Waals surface area contributed by atoms with E-state index in [1.807, 2.05) is 0 Å². The lowest BCUT2D eigenvalue weighted by Crippen LogP contribution is -1.94. The van der Waals surface area contributed by atoms with E-state index in [-0.39, 0.29) is 0 Å². The van der Waals surface area contributed by atoms with Crippen molar-refractivity contribution in [3.05, 3.63) is 26.9 Å². The molecule has 0 aliphatic carbocycles. The lowest BCUT2D eigenvalue weighted by Gasteiger charge is -2.08. The van der Waals surface area contributed by atoms with Gasteiger partial charge in [-0.05, 0) is 38.8 Å². The number of hydrogen-bond donors (Lipinski definition) is 1. The third kappa shape index (κ3) is 2.01. The fraction of sp³-hybridized carbons (Fsp3) is 0.286. The quantitative estimate of drug-likeness (QED) is 0.858. The van der Waals surface area contributed by atoms with Crippen molar-refractivity contribution in [1.29, 1.82) is 0 Å². The van der Waals surface area contributed by atoms with E-state index in [1.165, 1.54) is 0 Å². The summed E-state index contributed by atoms with van der Waals surface area (Å²) in [6.07, 6.45) is 2.83. The largest absolute Gasteiger partial charge is 0.389 e. The highest BCUT2D eigenvalue weighted by Gasteiger charge is 2.09. The van der Waals surface area contributed by atoms with Crippen LogP contribution in [0.5, 0.6) is 0 Å². The highest BCUT2D eigenvalue weighted by molar-refractivity contribution is 9.11. The normalized spacial score (nSPS) is 13.1. The van der Waals surface area contributed by atoms with Gasteiger partial charge in [0.25, 0.3) is 0 Å². The zero-order valence-corrected chi connectivity index (χ0v) is 9.05. The van der Waals surface area contributed by atoms with Crippen molar-refractivity contribution in [2.45, 2.75) is 13.0 Å². The van der Waals surface area contributed by atoms with Crippen LogP contribution in [0.1, 0.15) is 18.6 Å². The highest BCUT2D eigenvalue weighted by atomic mass is 79.9. The topological polar surface area (TPSA) is 33.1 Å². The molecular formula is C7H7Br2NO. The van der Waals surface area contributed by atoms with E-state index in [1.54, 1.807) is 19.3 Å². The number of aromatic nitrogens is 1. The van der Waals surface area contributed by atoms with Crippen LogP contribution in [0, 0.1) is 0 Å². The minimum absolute atomic E-state index is 0.484. The van der Waals surface area contributed by atoms with Gasteiger partial charge in [-0.15, -0.1) is 0 Å². The Kier molecular flexibility index (Phi) is 3.04. The molecule has 2 nitrogen and oxygen atoms in total. The molecule has 0 amide bonds. The van der Waals surface area contributed by atoms with Crippen LogP contribution in [0.25, 0.3) is 0 Å². The summed E-state index contributed by atoms with van der Waals surface area (Å²) < 4.78 is 1.64. The average Bonchev–Trinajstić information content (AvgIpc) is 1.85. The standard InChI is InChI=1S/C7H7Br2NO/c1-4(11)7-5(8)2-10-3-6(7)9/h2-4,11H,1H3/t4-/m1/s1. The molecule has 1 N–H and O–H groups in total. The molecule has 0 unspecified atom stereocenters. The molecule has 0 saturated heterocycles. The Hall–Kier alpha value is 0.0700. The van der Waals surface area contributed by atoms with Crippen molar-refractivity contribution in [2.24, 2.45) is 0 Å². The van der Waals surface area contributed by atoms with Gasteiger partial charge in [-0.1, -0.05) is 0 Å². The first-order chi connectivity index (χ1) is 5.13. The summed E-state index contributed by atoms with van der Waals surface area (Å²) in [5.41, 5.74) is 0.833. The van der Waals surface area contributed by atoms with Gasteiger partial charge >= 0.3 is 0 Å². The molecule has 1 rings (SSSR count). The lowest BCUT2D eigenvalue weighted by atomic mass is 10.2. The van der Waals surface area contributed by atoms with Crippen LogP contribution in [-0.4, -0.2) is 10.1 Å². The van der Waals surface area contributed by atoms with E-state index in [9.17, 15) is 5.11 Å². The van der Waals surface area contributed by atoms with Crippen LogP contribution in [0.4, 0.5) is 0 Å². The number of pyridine rings is 1. The highest BCUT2D eigenvalue weighted by Crippen LogP contribution is 2.29. The molecule has 11 heavy (non-hydrogen) atoms. The Morgan fingerprint density at radius 3 is 2.09 bits per heavy atom. The molecule has 1 aromatic heterocycles. The van der Waals surface area contributed by atoms with Gasteiger partial charge in [0.15, 0.2) is 0 Å². The molecule has 1 atom stereocenters. The summed E-state index contributed by atoms with van der Waals surface area (Å²) >= 11 is 6.59. The van der Waals surface area contributed by atoms with E-state index in [4.69, 9.17) is 0 Å². The molecule has 0 fully saturated rings. The molecule has 0 aliphatic heterocycles. The molecule has 1 heterocycles. The number of halogens is 2. The second kappa shape index (κ2) is 3.65. The third-order valence-electron chi connectivity index (χ3n) is 1.31. The maximum absolute atomic E-state index is 9.30. The van der Waals surface area contributed by atoms with Crippen LogP contribution in [0.15, 0.2) is 21.3 Å². The Bertz CT molecular complexity index is 242. The minimum Gasteiger partial charge on any atom is -0.389 e. The maximum Gasteiger partial charge on any atom is 0.0785 e. The van der Waals surface area contributed by atoms with Gasteiger partial charge in [0.1, 0.15) is 0 Å². The van der Waals surface area contributed by atoms with E-state index >= 15 is 0 Å². The van der Waals surface area contributed by atoms with Gasteiger partial charge in [-0.3, -0.25) is 4.98 Å². The van der Waals surface area contributed by atoms with Gasteiger partial charge in [0, 0.05) is 26.9 Å². The number of rotatable bonds is 1. The molecule has 0 aromatic carbocycles. The van der Waals surface area contributed by atoms with E-state index in [2.05, 4.69) is 36.8 Å². The lowest BCUT2D eigenvalue weighted by molar-refractivity contribution is 0.197. The smallest absolute Gasteiger partial charge is 0.0785 e. The van der Waals surface area contributed by atoms with Crippen LogP contribution >= 0.6 is 31.9 Å². The van der Waals surface area contributed by atoms with Crippen molar-refractivity contribution >= 4 is 31.9 Å². The average molecular weight is 281 g/mol. The molecule has 0 spiro atoms. The zero-order chi connectivity index (χ0) is 8.43. The summed E-state index contributed by atoms with van der Waals surface area (Å²) in [7, 11) is 0. The SMILES string of the molecule is C[C@@H](O)c1c(Br)cncc1Br. The summed E-state index contributed by atoms with van der Waals surface area (Å²) in [6.45, 7) is 1.71. The molecule has 1 aromatic rings. The van der Waals surface area contributed by atoms with Gasteiger partial charge in [-0.25, -0.2) is 0 Å². The van der Waals surface area contributed by atoms with Gasteiger partial charge in [0.05, 0.1) is 6.10 Å². The van der Waals surface area contributed by atoms with Crippen LogP contribution < -0.4 is 0 Å². The third-order valence-corrected chi connectivity index (χ3v) is 2.57. The van der Waals surface area contributed by atoms with Crippen LogP contribution in [0.2, 0.25) is 0 Å². The molecular weight excluding hydrogens is 274 g/mol. The van der Waals surface area contributed by atoms with E-state index in [0.29, 0.717) is 0 Å². The van der Waals surface area contributed by atoms with Crippen LogP contribution in [-0.2, 0) is 0 Å². The molecule has 60 valence electrons. The van der Waals surface area contributed by atoms with Crippen molar-refractivity contribution in [3.63, 3.8) is 0 Å². The summed E-state index contributed by atoms with van der Waals surface area (Å²) in [6, 6.07) is 0. The zero-order valence-electron chi connectivity index (χ0n) is 5.88. The maximum atomic E-state index is 9.30. The summed E-state index contributed by atoms with van der Waals surface area (Å²) in [4.78, 5) is 3.92. The first kappa shape index (κ1) is 9.16. The van der Waals surface area contributed by atoms with Gasteiger partial charge < -0.3 is 5.11 Å². The predicted molar refractivity (Wildman–Crippen MR) is 50.3 cm³/mol. The van der Waals surface area contributed by atoms with Crippen molar-refractivity contribution in [2.75, 3.05) is 0 Å². The Labute approximate surface area is 81.9 Å². The second-order valence-corrected chi connectivity index (χ2v) is 3.90. The van der Waals surface area contributed by atoms with Gasteiger partial charge in [-0.2, -0.15) is 0 Å². The molecule has 0 saturated carbocycles. The van der Waals surface area contributed by atoms with Gasteiger partial charge in [0.2, 0.25) is 0 Å². The fourth-order valence-corrected chi connectivity index (χ4v) is 2.41. The molecule has 4 heteroatoms. The molecule has 0 radical (unpaired) electrons. The fourth-order valence-electron chi connectivity index (χ4n) is 0.820. The monoisotopic (exact) mass is 279 g/mol. The minimum atomic E-state index is -0.484. The number of aliphatic hydroxyl groups is 1. The van der Waals surface area contributed by atoms with E-state index in [0.717, 1.165) is 14.5 Å². The Morgan fingerprint density at radius 1 is 1.36 bits per heavy atom. The summed E-state index contributed by atoms with van der Waals surface area (Å²) in [5.74, 6) is 0. The first-order valence-corrected chi connectivity index (χ1v) is 4.68. The second-order valence-electron chi connectivity index (χ2n) is 2.19. The number of aliphatic hydroxyl groups excluding tert-OH is 1. The summed E-state index contributed by atoms with van der Waals surface area (Å²) in [5, 5.41) is 9.30. The van der Waals surface area contributed by atoms with Crippen molar-refractivity contribution in [3.8, 4) is 0 Å². The van der Waals surface area contributed by atoms with E-state index < -0.39 is 6.10 Å². The Morgan fingerprint density at radius 2 is 1.82 bits per heavy atom. The Balaban J connectivity index is 3.21. The van der Waals surface area contributed by atoms with Crippen molar-refractivity contribution in [1.82, 2.24) is 4.98 Å². The molecule has 0 bridgehead atoms. The van der Waals surface area contributed by atoms with Crippen LogP contribution in [0.3, 0.4) is 0 Å². The predicted octanol–water partition coefficient (Wildman–Crippen LogP) is 2.66. The molecule has 0 aliphatic rings.